The number of aryl methyl sites for hydroxylation is 1. The molecule has 2 aromatic rings. The highest BCUT2D eigenvalue weighted by atomic mass is 32.2. The minimum absolute atomic E-state index is 0.0856. The average molecular weight is 388 g/mol. The van der Waals surface area contributed by atoms with Crippen LogP contribution in [0.25, 0.3) is 0 Å². The number of nitrogens with zero attached hydrogens (tertiary/aromatic N) is 1. The normalized spacial score (nSPS) is 14.7. The number of anilines is 1. The predicted molar refractivity (Wildman–Crippen MR) is 104 cm³/mol. The summed E-state index contributed by atoms with van der Waals surface area (Å²) in [5.41, 5.74) is 2.60. The van der Waals surface area contributed by atoms with Gasteiger partial charge < -0.3 is 9.64 Å². The van der Waals surface area contributed by atoms with E-state index in [2.05, 4.69) is 4.72 Å². The summed E-state index contributed by atoms with van der Waals surface area (Å²) in [6.45, 7) is 3.43. The predicted octanol–water partition coefficient (Wildman–Crippen LogP) is 2.62. The first-order valence-corrected chi connectivity index (χ1v) is 10.5. The highest BCUT2D eigenvalue weighted by Crippen LogP contribution is 2.27. The molecule has 0 saturated carbocycles. The molecule has 0 atom stereocenters. The Kier molecular flexibility index (Phi) is 6.26. The molecule has 0 bridgehead atoms. The molecule has 7 heteroatoms. The van der Waals surface area contributed by atoms with Gasteiger partial charge in [-0.15, -0.1) is 0 Å². The summed E-state index contributed by atoms with van der Waals surface area (Å²) < 4.78 is 33.0. The largest absolute Gasteiger partial charge is 0.375 e. The van der Waals surface area contributed by atoms with Crippen LogP contribution in [0, 0.1) is 6.92 Å². The van der Waals surface area contributed by atoms with E-state index in [-0.39, 0.29) is 24.0 Å². The standard InChI is InChI=1S/C20H24N2O4S/c1-16-14-18(9-10-19(16)22-12-5-8-20(22)23)27(24,25)21-11-13-26-15-17-6-3-2-4-7-17/h2-4,6-7,9-10,14,21H,5,8,11-13,15H2,1H3. The van der Waals surface area contributed by atoms with E-state index in [0.29, 0.717) is 19.6 Å². The first-order chi connectivity index (χ1) is 13.0. The fourth-order valence-corrected chi connectivity index (χ4v) is 4.19. The van der Waals surface area contributed by atoms with Crippen LogP contribution in [0.2, 0.25) is 0 Å². The second-order valence-electron chi connectivity index (χ2n) is 6.53. The van der Waals surface area contributed by atoms with Gasteiger partial charge in [-0.1, -0.05) is 30.3 Å². The van der Waals surface area contributed by atoms with Crippen LogP contribution in [0.3, 0.4) is 0 Å². The molecule has 0 aromatic heterocycles. The first kappa shape index (κ1) is 19.5. The van der Waals surface area contributed by atoms with Crippen molar-refractivity contribution in [3.05, 3.63) is 59.7 Å². The van der Waals surface area contributed by atoms with Crippen molar-refractivity contribution in [2.75, 3.05) is 24.6 Å². The van der Waals surface area contributed by atoms with Crippen LogP contribution in [-0.2, 0) is 26.2 Å². The number of nitrogens with one attached hydrogen (secondary N) is 1. The van der Waals surface area contributed by atoms with E-state index in [1.165, 1.54) is 0 Å². The van der Waals surface area contributed by atoms with Crippen molar-refractivity contribution < 1.29 is 17.9 Å². The molecule has 6 nitrogen and oxygen atoms in total. The van der Waals surface area contributed by atoms with E-state index >= 15 is 0 Å². The van der Waals surface area contributed by atoms with Crippen molar-refractivity contribution in [1.29, 1.82) is 0 Å². The molecule has 3 rings (SSSR count). The molecule has 1 N–H and O–H groups in total. The lowest BCUT2D eigenvalue weighted by molar-refractivity contribution is -0.117. The second kappa shape index (κ2) is 8.65. The van der Waals surface area contributed by atoms with E-state index in [4.69, 9.17) is 4.74 Å². The smallest absolute Gasteiger partial charge is 0.240 e. The lowest BCUT2D eigenvalue weighted by Crippen LogP contribution is -2.28. The molecular formula is C20H24N2O4S. The molecule has 1 aliphatic rings. The Labute approximate surface area is 160 Å². The lowest BCUT2D eigenvalue weighted by Gasteiger charge is -2.19. The van der Waals surface area contributed by atoms with Gasteiger partial charge in [0, 0.05) is 25.2 Å². The van der Waals surface area contributed by atoms with Crippen LogP contribution in [-0.4, -0.2) is 34.0 Å². The summed E-state index contributed by atoms with van der Waals surface area (Å²) in [5.74, 6) is 0.0856. The van der Waals surface area contributed by atoms with Gasteiger partial charge in [0.05, 0.1) is 18.1 Å². The Morgan fingerprint density at radius 3 is 2.59 bits per heavy atom. The zero-order valence-corrected chi connectivity index (χ0v) is 16.2. The third-order valence-corrected chi connectivity index (χ3v) is 5.95. The summed E-state index contributed by atoms with van der Waals surface area (Å²) in [4.78, 5) is 13.8. The lowest BCUT2D eigenvalue weighted by atomic mass is 10.2. The maximum Gasteiger partial charge on any atom is 0.240 e. The molecule has 2 aromatic carbocycles. The van der Waals surface area contributed by atoms with Gasteiger partial charge in [0.2, 0.25) is 15.9 Å². The monoisotopic (exact) mass is 388 g/mol. The molecular weight excluding hydrogens is 364 g/mol. The summed E-state index contributed by atoms with van der Waals surface area (Å²) in [6.07, 6.45) is 1.38. The van der Waals surface area contributed by atoms with Crippen molar-refractivity contribution >= 4 is 21.6 Å². The van der Waals surface area contributed by atoms with E-state index in [0.717, 1.165) is 23.2 Å². The maximum atomic E-state index is 12.5. The third-order valence-electron chi connectivity index (χ3n) is 4.49. The zero-order chi connectivity index (χ0) is 19.3. The van der Waals surface area contributed by atoms with Gasteiger partial charge in [0.15, 0.2) is 0 Å². The van der Waals surface area contributed by atoms with E-state index < -0.39 is 10.0 Å². The summed E-state index contributed by atoms with van der Waals surface area (Å²) >= 11 is 0. The summed E-state index contributed by atoms with van der Waals surface area (Å²) in [6, 6.07) is 14.6. The average Bonchev–Trinajstić information content (AvgIpc) is 3.08. The van der Waals surface area contributed by atoms with Gasteiger partial charge in [0.1, 0.15) is 0 Å². The molecule has 1 heterocycles. The SMILES string of the molecule is Cc1cc(S(=O)(=O)NCCOCc2ccccc2)ccc1N1CCCC1=O. The fourth-order valence-electron chi connectivity index (χ4n) is 3.10. The molecule has 1 fully saturated rings. The minimum Gasteiger partial charge on any atom is -0.375 e. The number of carbonyl (C=O) groups excluding carboxylic acids is 1. The minimum atomic E-state index is -3.62. The van der Waals surface area contributed by atoms with Gasteiger partial charge in [-0.05, 0) is 42.7 Å². The molecule has 0 unspecified atom stereocenters. The highest BCUT2D eigenvalue weighted by Gasteiger charge is 2.24. The van der Waals surface area contributed by atoms with E-state index in [1.807, 2.05) is 37.3 Å². The van der Waals surface area contributed by atoms with Gasteiger partial charge in [-0.2, -0.15) is 0 Å². The molecule has 0 spiro atoms. The first-order valence-electron chi connectivity index (χ1n) is 9.00. The van der Waals surface area contributed by atoms with Crippen molar-refractivity contribution in [1.82, 2.24) is 4.72 Å². The summed E-state index contributed by atoms with van der Waals surface area (Å²) in [7, 11) is -3.62. The van der Waals surface area contributed by atoms with Gasteiger partial charge >= 0.3 is 0 Å². The molecule has 27 heavy (non-hydrogen) atoms. The van der Waals surface area contributed by atoms with Crippen LogP contribution in [0.5, 0.6) is 0 Å². The number of rotatable bonds is 8. The number of benzene rings is 2. The van der Waals surface area contributed by atoms with Crippen molar-refractivity contribution in [2.45, 2.75) is 31.3 Å². The van der Waals surface area contributed by atoms with Crippen LogP contribution in [0.1, 0.15) is 24.0 Å². The van der Waals surface area contributed by atoms with Crippen molar-refractivity contribution in [2.24, 2.45) is 0 Å². The van der Waals surface area contributed by atoms with Gasteiger partial charge in [-0.3, -0.25) is 4.79 Å². The Balaban J connectivity index is 1.55. The topological polar surface area (TPSA) is 75.7 Å². The zero-order valence-electron chi connectivity index (χ0n) is 15.3. The molecule has 1 aliphatic heterocycles. The number of hydrogen-bond donors (Lipinski definition) is 1. The third kappa shape index (κ3) is 4.94. The number of hydrogen-bond acceptors (Lipinski definition) is 4. The maximum absolute atomic E-state index is 12.5. The van der Waals surface area contributed by atoms with Crippen molar-refractivity contribution in [3.63, 3.8) is 0 Å². The Hall–Kier alpha value is -2.22. The number of sulfonamides is 1. The highest BCUT2D eigenvalue weighted by molar-refractivity contribution is 7.89. The molecule has 1 amide bonds. The molecule has 0 radical (unpaired) electrons. The number of ether oxygens (including phenoxy) is 1. The van der Waals surface area contributed by atoms with Crippen LogP contribution in [0.15, 0.2) is 53.4 Å². The summed E-state index contributed by atoms with van der Waals surface area (Å²) in [5, 5.41) is 0. The van der Waals surface area contributed by atoms with Crippen LogP contribution >= 0.6 is 0 Å². The van der Waals surface area contributed by atoms with Gasteiger partial charge in [0.25, 0.3) is 0 Å². The van der Waals surface area contributed by atoms with Crippen molar-refractivity contribution in [3.8, 4) is 0 Å². The van der Waals surface area contributed by atoms with Crippen LogP contribution in [0.4, 0.5) is 5.69 Å². The molecule has 0 aliphatic carbocycles. The second-order valence-corrected chi connectivity index (χ2v) is 8.30. The van der Waals surface area contributed by atoms with E-state index in [9.17, 15) is 13.2 Å². The molecule has 1 saturated heterocycles. The number of carbonyl (C=O) groups is 1. The van der Waals surface area contributed by atoms with E-state index in [1.54, 1.807) is 23.1 Å². The molecule has 144 valence electrons. The van der Waals surface area contributed by atoms with Crippen LogP contribution < -0.4 is 9.62 Å². The Morgan fingerprint density at radius 1 is 1.15 bits per heavy atom. The Morgan fingerprint density at radius 2 is 1.93 bits per heavy atom. The fraction of sp³-hybridized carbons (Fsp3) is 0.350. The van der Waals surface area contributed by atoms with Gasteiger partial charge in [-0.25, -0.2) is 13.1 Å². The number of amides is 1. The quantitative estimate of drug-likeness (QED) is 0.706. The Bertz CT molecular complexity index is 897.